The van der Waals surface area contributed by atoms with Gasteiger partial charge < -0.3 is 35.0 Å². The summed E-state index contributed by atoms with van der Waals surface area (Å²) in [5.41, 5.74) is 0. The lowest BCUT2D eigenvalue weighted by Crippen LogP contribution is -2.51. The van der Waals surface area contributed by atoms with Crippen molar-refractivity contribution in [1.29, 1.82) is 0 Å². The van der Waals surface area contributed by atoms with E-state index in [1.807, 2.05) is 0 Å². The number of carbonyl (C=O) groups is 5. The molecule has 1 unspecified atom stereocenters. The van der Waals surface area contributed by atoms with Crippen LogP contribution in [-0.4, -0.2) is 162 Å². The molecule has 2 fully saturated rings. The SMILES string of the molecule is O=C([O-])CN1CCN(CC(=O)O)CCN(CC(=O)[O-])CCN(CC([O-])=NCCN2C(=O)CC(S)C2=O)CC1. The summed E-state index contributed by atoms with van der Waals surface area (Å²) in [6.07, 6.45) is 0.00244. The van der Waals surface area contributed by atoms with Gasteiger partial charge in [0.25, 0.3) is 0 Å². The van der Waals surface area contributed by atoms with Crippen molar-refractivity contribution in [1.82, 2.24) is 24.5 Å². The first-order chi connectivity index (χ1) is 17.9. The Hall–Kier alpha value is -2.79. The third-order valence-corrected chi connectivity index (χ3v) is 6.59. The molecule has 0 aromatic heterocycles. The number of nitrogens with zero attached hydrogens (tertiary/aromatic N) is 6. The summed E-state index contributed by atoms with van der Waals surface area (Å²) >= 11 is 4.05. The van der Waals surface area contributed by atoms with Crippen LogP contribution in [0.3, 0.4) is 0 Å². The molecule has 0 bridgehead atoms. The lowest BCUT2D eigenvalue weighted by atomic mass is 10.3. The van der Waals surface area contributed by atoms with Crippen LogP contribution in [0.2, 0.25) is 0 Å². The fourth-order valence-corrected chi connectivity index (χ4v) is 4.48. The summed E-state index contributed by atoms with van der Waals surface area (Å²) in [6, 6.07) is 0. The van der Waals surface area contributed by atoms with Crippen molar-refractivity contribution in [2.75, 3.05) is 91.6 Å². The number of carbonyl (C=O) groups excluding carboxylic acids is 4. The third-order valence-electron chi connectivity index (χ3n) is 6.18. The number of rotatable bonds is 11. The predicted molar refractivity (Wildman–Crippen MR) is 130 cm³/mol. The molecule has 0 saturated carbocycles. The van der Waals surface area contributed by atoms with Gasteiger partial charge in [-0.1, -0.05) is 0 Å². The molecule has 2 rings (SSSR count). The molecule has 0 spiro atoms. The lowest BCUT2D eigenvalue weighted by Gasteiger charge is -2.34. The van der Waals surface area contributed by atoms with E-state index in [0.29, 0.717) is 0 Å². The molecule has 2 aliphatic rings. The van der Waals surface area contributed by atoms with Crippen LogP contribution in [0.25, 0.3) is 0 Å². The molecule has 2 amide bonds. The van der Waals surface area contributed by atoms with Gasteiger partial charge in [-0.2, -0.15) is 12.6 Å². The average molecular weight is 558 g/mol. The van der Waals surface area contributed by atoms with E-state index in [9.17, 15) is 44.4 Å². The molecular weight excluding hydrogens is 524 g/mol. The first kappa shape index (κ1) is 31.4. The van der Waals surface area contributed by atoms with Gasteiger partial charge in [-0.05, 0) is 5.90 Å². The topological polar surface area (TPSA) is 203 Å². The molecule has 16 heteroatoms. The van der Waals surface area contributed by atoms with E-state index in [4.69, 9.17) is 0 Å². The molecule has 38 heavy (non-hydrogen) atoms. The normalized spacial score (nSPS) is 22.3. The van der Waals surface area contributed by atoms with Crippen molar-refractivity contribution < 1.29 is 44.4 Å². The highest BCUT2D eigenvalue weighted by Crippen LogP contribution is 2.17. The summed E-state index contributed by atoms with van der Waals surface area (Å²) < 4.78 is 0. The average Bonchev–Trinajstić information content (AvgIpc) is 3.05. The highest BCUT2D eigenvalue weighted by molar-refractivity contribution is 7.81. The second kappa shape index (κ2) is 15.6. The van der Waals surface area contributed by atoms with Gasteiger partial charge in [0.15, 0.2) is 0 Å². The summed E-state index contributed by atoms with van der Waals surface area (Å²) in [5.74, 6) is -4.96. The molecule has 1 atom stereocenters. The monoisotopic (exact) mass is 557 g/mol. The number of carboxylic acids is 3. The standard InChI is InChI=1S/C22H36N6O9S/c29-17(23-1-2-28-18(30)11-16(38)22(28)37)12-24-3-5-25(13-19(31)32)7-9-27(15-21(35)36)10-8-26(6-4-24)14-20(33)34/h16,38H,1-15H2,(H,23,29)(H,31,32)(H,33,34)(H,35,36)/p-3. The number of thiol groups is 1. The highest BCUT2D eigenvalue weighted by atomic mass is 32.1. The van der Waals surface area contributed by atoms with Gasteiger partial charge in [-0.25, -0.2) is 0 Å². The van der Waals surface area contributed by atoms with Crippen molar-refractivity contribution in [3.05, 3.63) is 0 Å². The van der Waals surface area contributed by atoms with Crippen molar-refractivity contribution in [2.24, 2.45) is 4.99 Å². The minimum absolute atomic E-state index is 0.00244. The fourth-order valence-electron chi connectivity index (χ4n) is 4.18. The van der Waals surface area contributed by atoms with Gasteiger partial charge >= 0.3 is 5.97 Å². The smallest absolute Gasteiger partial charge is 0.317 e. The van der Waals surface area contributed by atoms with Crippen LogP contribution in [0.5, 0.6) is 0 Å². The van der Waals surface area contributed by atoms with Crippen LogP contribution in [-0.2, 0) is 24.0 Å². The highest BCUT2D eigenvalue weighted by Gasteiger charge is 2.35. The van der Waals surface area contributed by atoms with Crippen molar-refractivity contribution >= 4 is 48.2 Å². The molecule has 0 aromatic rings. The van der Waals surface area contributed by atoms with Gasteiger partial charge in [0.2, 0.25) is 11.8 Å². The van der Waals surface area contributed by atoms with Gasteiger partial charge in [0.1, 0.15) is 0 Å². The number of aliphatic carboxylic acids is 3. The molecule has 0 radical (unpaired) electrons. The first-order valence-corrected chi connectivity index (χ1v) is 12.7. The minimum atomic E-state index is -1.30. The zero-order valence-corrected chi connectivity index (χ0v) is 21.9. The Morgan fingerprint density at radius 2 is 1.21 bits per heavy atom. The first-order valence-electron chi connectivity index (χ1n) is 12.2. The molecule has 15 nitrogen and oxygen atoms in total. The number of imide groups is 1. The largest absolute Gasteiger partial charge is 0.861 e. The van der Waals surface area contributed by atoms with E-state index in [1.165, 1.54) is 0 Å². The molecule has 2 heterocycles. The Bertz CT molecular complexity index is 873. The maximum absolute atomic E-state index is 12.5. The zero-order valence-electron chi connectivity index (χ0n) is 21.0. The van der Waals surface area contributed by atoms with Gasteiger partial charge in [0.05, 0.1) is 30.3 Å². The Balaban J connectivity index is 2.07. The van der Waals surface area contributed by atoms with Crippen LogP contribution in [0.15, 0.2) is 4.99 Å². The number of hydrogen-bond acceptors (Lipinski definition) is 14. The zero-order chi connectivity index (χ0) is 28.2. The van der Waals surface area contributed by atoms with Crippen molar-refractivity contribution in [3.8, 4) is 0 Å². The summed E-state index contributed by atoms with van der Waals surface area (Å²) in [7, 11) is 0. The van der Waals surface area contributed by atoms with Crippen molar-refractivity contribution in [2.45, 2.75) is 11.7 Å². The molecule has 0 aliphatic carbocycles. The summed E-state index contributed by atoms with van der Waals surface area (Å²) in [6.45, 7) is 0.549. The number of amides is 2. The Morgan fingerprint density at radius 1 is 0.789 bits per heavy atom. The maximum Gasteiger partial charge on any atom is 0.317 e. The van der Waals surface area contributed by atoms with Crippen LogP contribution in [0.4, 0.5) is 0 Å². The molecule has 2 aliphatic heterocycles. The Morgan fingerprint density at radius 3 is 1.58 bits per heavy atom. The van der Waals surface area contributed by atoms with Gasteiger partial charge in [0, 0.05) is 85.0 Å². The van der Waals surface area contributed by atoms with E-state index in [-0.39, 0.29) is 104 Å². The number of aliphatic imine (C=N–C) groups is 1. The number of hydrogen-bond donors (Lipinski definition) is 2. The number of carboxylic acid groups (broad SMARTS) is 3. The quantitative estimate of drug-likeness (QED) is 0.105. The Kier molecular flexibility index (Phi) is 12.9. The van der Waals surface area contributed by atoms with Crippen LogP contribution < -0.4 is 15.3 Å². The minimum Gasteiger partial charge on any atom is -0.861 e. The van der Waals surface area contributed by atoms with Crippen LogP contribution in [0, 0.1) is 0 Å². The summed E-state index contributed by atoms with van der Waals surface area (Å²) in [5, 5.41) is 43.5. The van der Waals surface area contributed by atoms with E-state index in [0.717, 1.165) is 4.90 Å². The van der Waals surface area contributed by atoms with Crippen molar-refractivity contribution in [3.63, 3.8) is 0 Å². The second-order valence-electron chi connectivity index (χ2n) is 9.12. The second-order valence-corrected chi connectivity index (χ2v) is 9.74. The molecule has 0 aromatic carbocycles. The Labute approximate surface area is 225 Å². The molecule has 214 valence electrons. The van der Waals surface area contributed by atoms with Gasteiger partial charge in [-0.15, -0.1) is 0 Å². The molecule has 2 saturated heterocycles. The van der Waals surface area contributed by atoms with E-state index in [2.05, 4.69) is 17.6 Å². The predicted octanol–water partition coefficient (Wildman–Crippen LogP) is -6.39. The van der Waals surface area contributed by atoms with E-state index in [1.54, 1.807) is 19.6 Å². The fraction of sp³-hybridized carbons (Fsp3) is 0.727. The third kappa shape index (κ3) is 11.3. The molecular formula is C22H33N6O9S-3. The lowest BCUT2D eigenvalue weighted by molar-refractivity contribution is -0.307. The van der Waals surface area contributed by atoms with Crippen LogP contribution in [0.1, 0.15) is 6.42 Å². The van der Waals surface area contributed by atoms with E-state index < -0.39 is 35.0 Å². The van der Waals surface area contributed by atoms with Gasteiger partial charge in [-0.3, -0.25) is 38.9 Å². The van der Waals surface area contributed by atoms with E-state index >= 15 is 0 Å². The summed E-state index contributed by atoms with van der Waals surface area (Å²) in [4.78, 5) is 68.9. The van der Waals surface area contributed by atoms with Crippen LogP contribution >= 0.6 is 12.6 Å². The number of likely N-dealkylation sites (tertiary alicyclic amines) is 1. The molecule has 1 N–H and O–H groups in total. The maximum atomic E-state index is 12.5.